The van der Waals surface area contributed by atoms with Crippen LogP contribution in [0.3, 0.4) is 0 Å². The molecule has 0 spiro atoms. The molecule has 5 nitrogen and oxygen atoms in total. The number of carboxylic acids is 1. The molecule has 0 bridgehead atoms. The van der Waals surface area contributed by atoms with Gasteiger partial charge in [0.1, 0.15) is 11.3 Å². The summed E-state index contributed by atoms with van der Waals surface area (Å²) in [5.41, 5.74) is 0.559. The number of rotatable bonds is 2. The third-order valence-corrected chi connectivity index (χ3v) is 1.93. The van der Waals surface area contributed by atoms with Crippen molar-refractivity contribution in [1.29, 1.82) is 0 Å². The molecule has 0 aliphatic heterocycles. The van der Waals surface area contributed by atoms with Gasteiger partial charge in [0.25, 0.3) is 0 Å². The van der Waals surface area contributed by atoms with Gasteiger partial charge in [0, 0.05) is 5.56 Å². The Bertz CT molecular complexity index is 486. The predicted octanol–water partition coefficient (Wildman–Crippen LogP) is 1.75. The van der Waals surface area contributed by atoms with E-state index in [1.54, 1.807) is 12.1 Å². The quantitative estimate of drug-likeness (QED) is 0.780. The molecule has 2 aromatic rings. The maximum absolute atomic E-state index is 10.8. The topological polar surface area (TPSA) is 83.6 Å². The lowest BCUT2D eigenvalue weighted by atomic mass is 10.1. The lowest BCUT2D eigenvalue weighted by Crippen LogP contribution is -1.95. The Morgan fingerprint density at radius 3 is 2.53 bits per heavy atom. The van der Waals surface area contributed by atoms with Crippen LogP contribution in [-0.4, -0.2) is 21.3 Å². The van der Waals surface area contributed by atoms with E-state index in [1.807, 2.05) is 0 Å². The summed E-state index contributed by atoms with van der Waals surface area (Å²) in [6, 6.07) is 6.01. The maximum Gasteiger partial charge on any atom is 0.341 e. The number of phenols is 1. The van der Waals surface area contributed by atoms with Crippen LogP contribution in [0.1, 0.15) is 10.4 Å². The average molecular weight is 205 g/mol. The third kappa shape index (κ3) is 1.67. The van der Waals surface area contributed by atoms with Gasteiger partial charge in [-0.1, -0.05) is 5.16 Å². The number of carbonyl (C=O) groups is 1. The van der Waals surface area contributed by atoms with E-state index >= 15 is 0 Å². The molecule has 1 aromatic heterocycles. The summed E-state index contributed by atoms with van der Waals surface area (Å²) < 4.78 is 4.84. The molecule has 5 heteroatoms. The number of benzene rings is 1. The van der Waals surface area contributed by atoms with Gasteiger partial charge in [0.15, 0.2) is 5.76 Å². The Morgan fingerprint density at radius 2 is 1.93 bits per heavy atom. The van der Waals surface area contributed by atoms with Crippen molar-refractivity contribution in [2.45, 2.75) is 0 Å². The first-order valence-electron chi connectivity index (χ1n) is 4.16. The Labute approximate surface area is 84.6 Å². The molecule has 0 saturated carbocycles. The molecule has 1 heterocycles. The number of aromatic nitrogens is 1. The van der Waals surface area contributed by atoms with Crippen molar-refractivity contribution in [3.05, 3.63) is 36.0 Å². The number of hydrogen-bond donors (Lipinski definition) is 2. The van der Waals surface area contributed by atoms with E-state index in [-0.39, 0.29) is 17.1 Å². The zero-order valence-corrected chi connectivity index (χ0v) is 7.54. The Kier molecular flexibility index (Phi) is 2.13. The van der Waals surface area contributed by atoms with Crippen molar-refractivity contribution in [2.24, 2.45) is 0 Å². The fraction of sp³-hybridized carbons (Fsp3) is 0. The van der Waals surface area contributed by atoms with Crippen LogP contribution in [0, 0.1) is 0 Å². The van der Waals surface area contributed by atoms with Gasteiger partial charge in [-0.2, -0.15) is 0 Å². The molecule has 15 heavy (non-hydrogen) atoms. The second-order valence-electron chi connectivity index (χ2n) is 2.92. The van der Waals surface area contributed by atoms with Crippen molar-refractivity contribution >= 4 is 5.97 Å². The van der Waals surface area contributed by atoms with E-state index in [4.69, 9.17) is 14.7 Å². The Balaban J connectivity index is 2.49. The minimum Gasteiger partial charge on any atom is -0.508 e. The van der Waals surface area contributed by atoms with Crippen molar-refractivity contribution in [2.75, 3.05) is 0 Å². The third-order valence-electron chi connectivity index (χ3n) is 1.93. The first-order valence-corrected chi connectivity index (χ1v) is 4.16. The van der Waals surface area contributed by atoms with Crippen molar-refractivity contribution in [3.8, 4) is 17.1 Å². The summed E-state index contributed by atoms with van der Waals surface area (Å²) in [6.07, 6.45) is 1.14. The molecule has 0 saturated heterocycles. The van der Waals surface area contributed by atoms with E-state index in [1.165, 1.54) is 12.1 Å². The number of phenolic OH excluding ortho intramolecular Hbond substituents is 1. The molecule has 0 amide bonds. The molecule has 0 unspecified atom stereocenters. The van der Waals surface area contributed by atoms with Gasteiger partial charge in [-0.05, 0) is 24.3 Å². The molecule has 0 aliphatic carbocycles. The van der Waals surface area contributed by atoms with Crippen LogP contribution in [0.25, 0.3) is 11.3 Å². The van der Waals surface area contributed by atoms with Crippen LogP contribution < -0.4 is 0 Å². The van der Waals surface area contributed by atoms with Crippen molar-refractivity contribution in [1.82, 2.24) is 5.16 Å². The molecule has 1 aromatic carbocycles. The summed E-state index contributed by atoms with van der Waals surface area (Å²) in [4.78, 5) is 10.8. The molecule has 76 valence electrons. The smallest absolute Gasteiger partial charge is 0.341 e. The normalized spacial score (nSPS) is 10.1. The van der Waals surface area contributed by atoms with E-state index in [0.29, 0.717) is 5.56 Å². The molecular formula is C10H7NO4. The van der Waals surface area contributed by atoms with Crippen molar-refractivity contribution in [3.63, 3.8) is 0 Å². The van der Waals surface area contributed by atoms with Gasteiger partial charge >= 0.3 is 5.97 Å². The van der Waals surface area contributed by atoms with E-state index in [2.05, 4.69) is 5.16 Å². The highest BCUT2D eigenvalue weighted by Crippen LogP contribution is 2.25. The van der Waals surface area contributed by atoms with Crippen LogP contribution in [0.2, 0.25) is 0 Å². The molecule has 0 fully saturated rings. The fourth-order valence-electron chi connectivity index (χ4n) is 1.21. The lowest BCUT2D eigenvalue weighted by Gasteiger charge is -1.97. The summed E-state index contributed by atoms with van der Waals surface area (Å²) in [6.45, 7) is 0. The molecule has 0 aliphatic rings. The maximum atomic E-state index is 10.8. The Hall–Kier alpha value is -2.30. The minimum absolute atomic E-state index is 0.000639. The zero-order valence-electron chi connectivity index (χ0n) is 7.54. The predicted molar refractivity (Wildman–Crippen MR) is 50.6 cm³/mol. The standard InChI is InChI=1S/C10H7NO4/c12-7-3-1-6(2-4-7)9-8(10(13)14)5-11-15-9/h1-5,12H,(H,13,14). The van der Waals surface area contributed by atoms with Gasteiger partial charge in [0.05, 0.1) is 6.20 Å². The number of aromatic hydroxyl groups is 1. The van der Waals surface area contributed by atoms with E-state index < -0.39 is 5.97 Å². The summed E-state index contributed by atoms with van der Waals surface area (Å²) in [5, 5.41) is 21.3. The second kappa shape index (κ2) is 3.45. The first kappa shape index (κ1) is 9.26. The van der Waals surface area contributed by atoms with Crippen molar-refractivity contribution < 1.29 is 19.5 Å². The molecule has 0 atom stereocenters. The van der Waals surface area contributed by atoms with Gasteiger partial charge in [-0.15, -0.1) is 0 Å². The van der Waals surface area contributed by atoms with Gasteiger partial charge < -0.3 is 14.7 Å². The molecule has 2 N–H and O–H groups in total. The highest BCUT2D eigenvalue weighted by molar-refractivity contribution is 5.93. The fourth-order valence-corrected chi connectivity index (χ4v) is 1.21. The second-order valence-corrected chi connectivity index (χ2v) is 2.92. The highest BCUT2D eigenvalue weighted by Gasteiger charge is 2.16. The van der Waals surface area contributed by atoms with Crippen LogP contribution in [0.4, 0.5) is 0 Å². The molecular weight excluding hydrogens is 198 g/mol. The zero-order chi connectivity index (χ0) is 10.8. The average Bonchev–Trinajstić information content (AvgIpc) is 2.67. The molecule has 2 rings (SSSR count). The Morgan fingerprint density at radius 1 is 1.27 bits per heavy atom. The minimum atomic E-state index is -1.10. The van der Waals surface area contributed by atoms with Gasteiger partial charge in [-0.25, -0.2) is 4.79 Å². The summed E-state index contributed by atoms with van der Waals surface area (Å²) >= 11 is 0. The van der Waals surface area contributed by atoms with E-state index in [9.17, 15) is 4.79 Å². The number of carboxylic acid groups (broad SMARTS) is 1. The lowest BCUT2D eigenvalue weighted by molar-refractivity contribution is 0.0697. The SMILES string of the molecule is O=C(O)c1cnoc1-c1ccc(O)cc1. The van der Waals surface area contributed by atoms with Gasteiger partial charge in [0.2, 0.25) is 0 Å². The molecule has 0 radical (unpaired) electrons. The summed E-state index contributed by atoms with van der Waals surface area (Å²) in [5.74, 6) is -0.808. The van der Waals surface area contributed by atoms with E-state index in [0.717, 1.165) is 6.20 Å². The number of nitrogens with zero attached hydrogens (tertiary/aromatic N) is 1. The first-order chi connectivity index (χ1) is 7.18. The summed E-state index contributed by atoms with van der Waals surface area (Å²) in [7, 11) is 0. The van der Waals surface area contributed by atoms with Crippen LogP contribution >= 0.6 is 0 Å². The van der Waals surface area contributed by atoms with Crippen LogP contribution in [0.15, 0.2) is 35.0 Å². The highest BCUT2D eigenvalue weighted by atomic mass is 16.5. The van der Waals surface area contributed by atoms with Crippen LogP contribution in [0.5, 0.6) is 5.75 Å². The number of hydrogen-bond acceptors (Lipinski definition) is 4. The van der Waals surface area contributed by atoms with Gasteiger partial charge in [-0.3, -0.25) is 0 Å². The monoisotopic (exact) mass is 205 g/mol. The number of aromatic carboxylic acids is 1. The largest absolute Gasteiger partial charge is 0.508 e. The van der Waals surface area contributed by atoms with Crippen LogP contribution in [-0.2, 0) is 0 Å².